The molecule has 5 nitrogen and oxygen atoms in total. The molecule has 1 aliphatic rings. The van der Waals surface area contributed by atoms with Crippen LogP contribution in [-0.2, 0) is 4.79 Å². The second-order valence-electron chi connectivity index (χ2n) is 6.41. The van der Waals surface area contributed by atoms with Crippen molar-refractivity contribution in [3.8, 4) is 11.1 Å². The summed E-state index contributed by atoms with van der Waals surface area (Å²) in [5.74, 6) is 1.18. The number of carbonyl (C=O) groups excluding carboxylic acids is 1. The van der Waals surface area contributed by atoms with E-state index in [1.807, 2.05) is 24.3 Å². The van der Waals surface area contributed by atoms with Gasteiger partial charge in [-0.2, -0.15) is 0 Å². The van der Waals surface area contributed by atoms with Crippen LogP contribution < -0.4 is 10.2 Å². The van der Waals surface area contributed by atoms with E-state index in [1.54, 1.807) is 24.7 Å². The van der Waals surface area contributed by atoms with Crippen LogP contribution in [0.15, 0.2) is 36.0 Å². The second-order valence-corrected chi connectivity index (χ2v) is 7.70. The molecule has 3 heterocycles. The summed E-state index contributed by atoms with van der Waals surface area (Å²) >= 11 is 7.66. The number of nitrogens with zero attached hydrogens (tertiary/aromatic N) is 3. The lowest BCUT2D eigenvalue weighted by Gasteiger charge is -2.32. The van der Waals surface area contributed by atoms with E-state index in [9.17, 15) is 4.79 Å². The third kappa shape index (κ3) is 3.15. The molecule has 0 bridgehead atoms. The van der Waals surface area contributed by atoms with Gasteiger partial charge in [-0.05, 0) is 30.5 Å². The molecule has 26 heavy (non-hydrogen) atoms. The number of thiophene rings is 1. The number of halogens is 1. The largest absolute Gasteiger partial charge is 0.359 e. The van der Waals surface area contributed by atoms with Crippen LogP contribution in [0, 0.1) is 5.92 Å². The van der Waals surface area contributed by atoms with Crippen LogP contribution in [-0.4, -0.2) is 36.0 Å². The molecular weight excluding hydrogens is 368 g/mol. The Bertz CT molecular complexity index is 932. The molecule has 1 aromatic carbocycles. The van der Waals surface area contributed by atoms with Gasteiger partial charge in [-0.15, -0.1) is 11.3 Å². The summed E-state index contributed by atoms with van der Waals surface area (Å²) in [4.78, 5) is 24.2. The highest BCUT2D eigenvalue weighted by Crippen LogP contribution is 2.39. The smallest absolute Gasteiger partial charge is 0.222 e. The second kappa shape index (κ2) is 7.21. The van der Waals surface area contributed by atoms with Crippen molar-refractivity contribution in [2.24, 2.45) is 5.92 Å². The molecule has 0 spiro atoms. The zero-order valence-corrected chi connectivity index (χ0v) is 16.0. The summed E-state index contributed by atoms with van der Waals surface area (Å²) in [5, 5.41) is 6.69. The average molecular weight is 387 g/mol. The van der Waals surface area contributed by atoms with Gasteiger partial charge in [0.05, 0.1) is 5.39 Å². The number of rotatable bonds is 3. The molecule has 1 aliphatic heterocycles. The fourth-order valence-corrected chi connectivity index (χ4v) is 4.54. The highest BCUT2D eigenvalue weighted by molar-refractivity contribution is 7.17. The van der Waals surface area contributed by atoms with E-state index < -0.39 is 0 Å². The Hall–Kier alpha value is -2.18. The number of fused-ring (bicyclic) bond motifs is 1. The summed E-state index contributed by atoms with van der Waals surface area (Å²) in [6, 6.07) is 7.86. The van der Waals surface area contributed by atoms with Crippen LogP contribution in [0.1, 0.15) is 12.8 Å². The SMILES string of the molecule is CNC(=O)C1CCN(c2ncnc3scc(-c4ccc(Cl)cc4)c23)CC1. The van der Waals surface area contributed by atoms with Crippen molar-refractivity contribution in [1.29, 1.82) is 0 Å². The highest BCUT2D eigenvalue weighted by Gasteiger charge is 2.26. The van der Waals surface area contributed by atoms with Crippen molar-refractivity contribution in [3.63, 3.8) is 0 Å². The van der Waals surface area contributed by atoms with Gasteiger partial charge in [0.1, 0.15) is 17.0 Å². The maximum Gasteiger partial charge on any atom is 0.222 e. The number of hydrogen-bond donors (Lipinski definition) is 1. The van der Waals surface area contributed by atoms with Crippen molar-refractivity contribution in [2.75, 3.05) is 25.0 Å². The maximum absolute atomic E-state index is 11.9. The van der Waals surface area contributed by atoms with E-state index in [0.29, 0.717) is 0 Å². The zero-order valence-electron chi connectivity index (χ0n) is 14.4. The van der Waals surface area contributed by atoms with Gasteiger partial charge in [-0.1, -0.05) is 23.7 Å². The summed E-state index contributed by atoms with van der Waals surface area (Å²) < 4.78 is 0. The van der Waals surface area contributed by atoms with Crippen LogP contribution in [0.2, 0.25) is 5.02 Å². The molecule has 0 atom stereocenters. The van der Waals surface area contributed by atoms with E-state index in [1.165, 1.54) is 0 Å². The molecule has 2 aromatic heterocycles. The van der Waals surface area contributed by atoms with Gasteiger partial charge in [0.25, 0.3) is 0 Å². The first-order chi connectivity index (χ1) is 12.7. The summed E-state index contributed by atoms with van der Waals surface area (Å²) in [6.45, 7) is 1.64. The van der Waals surface area contributed by atoms with Gasteiger partial charge < -0.3 is 10.2 Å². The molecule has 134 valence electrons. The lowest BCUT2D eigenvalue weighted by Crippen LogP contribution is -2.40. The molecule has 0 radical (unpaired) electrons. The molecular formula is C19H19ClN4OS. The van der Waals surface area contributed by atoms with E-state index >= 15 is 0 Å². The molecule has 0 unspecified atom stereocenters. The molecule has 0 aliphatic carbocycles. The number of benzene rings is 1. The number of aromatic nitrogens is 2. The molecule has 1 saturated heterocycles. The number of nitrogens with one attached hydrogen (secondary N) is 1. The first-order valence-electron chi connectivity index (χ1n) is 8.62. The van der Waals surface area contributed by atoms with E-state index in [0.717, 1.165) is 58.1 Å². The zero-order chi connectivity index (χ0) is 18.1. The van der Waals surface area contributed by atoms with Gasteiger partial charge in [-0.25, -0.2) is 9.97 Å². The predicted molar refractivity (Wildman–Crippen MR) is 107 cm³/mol. The maximum atomic E-state index is 11.9. The van der Waals surface area contributed by atoms with Gasteiger partial charge in [-0.3, -0.25) is 4.79 Å². The summed E-state index contributed by atoms with van der Waals surface area (Å²) in [5.41, 5.74) is 2.24. The minimum Gasteiger partial charge on any atom is -0.359 e. The Morgan fingerprint density at radius 2 is 1.96 bits per heavy atom. The third-order valence-corrected chi connectivity index (χ3v) is 6.06. The first-order valence-corrected chi connectivity index (χ1v) is 9.88. The van der Waals surface area contributed by atoms with Gasteiger partial charge in [0.15, 0.2) is 0 Å². The van der Waals surface area contributed by atoms with Crippen LogP contribution in [0.5, 0.6) is 0 Å². The molecule has 0 saturated carbocycles. The normalized spacial score (nSPS) is 15.4. The van der Waals surface area contributed by atoms with Crippen molar-refractivity contribution in [2.45, 2.75) is 12.8 Å². The molecule has 3 aromatic rings. The standard InChI is InChI=1S/C19H19ClN4OS/c1-21-18(25)13-6-8-24(9-7-13)17-16-15(10-26-19(16)23-11-22-17)12-2-4-14(20)5-3-12/h2-5,10-11,13H,6-9H2,1H3,(H,21,25). The Labute approximate surface area is 161 Å². The fraction of sp³-hybridized carbons (Fsp3) is 0.316. The Morgan fingerprint density at radius 3 is 2.65 bits per heavy atom. The highest BCUT2D eigenvalue weighted by atomic mass is 35.5. The van der Waals surface area contributed by atoms with Gasteiger partial charge >= 0.3 is 0 Å². The first kappa shape index (κ1) is 17.2. The third-order valence-electron chi connectivity index (χ3n) is 4.92. The predicted octanol–water partition coefficient (Wildman–Crippen LogP) is 3.97. The van der Waals surface area contributed by atoms with E-state index in [4.69, 9.17) is 11.6 Å². The quantitative estimate of drug-likeness (QED) is 0.739. The summed E-state index contributed by atoms with van der Waals surface area (Å²) in [6.07, 6.45) is 3.31. The fourth-order valence-electron chi connectivity index (χ4n) is 3.50. The Balaban J connectivity index is 1.69. The summed E-state index contributed by atoms with van der Waals surface area (Å²) in [7, 11) is 1.70. The number of amides is 1. The number of anilines is 1. The Morgan fingerprint density at radius 1 is 1.23 bits per heavy atom. The van der Waals surface area contributed by atoms with Crippen LogP contribution in [0.25, 0.3) is 21.3 Å². The van der Waals surface area contributed by atoms with Crippen molar-refractivity contribution < 1.29 is 4.79 Å². The minimum absolute atomic E-state index is 0.0896. The monoisotopic (exact) mass is 386 g/mol. The average Bonchev–Trinajstić information content (AvgIpc) is 3.12. The van der Waals surface area contributed by atoms with E-state index in [2.05, 4.69) is 25.6 Å². The molecule has 1 N–H and O–H groups in total. The topological polar surface area (TPSA) is 58.1 Å². The van der Waals surface area contributed by atoms with Gasteiger partial charge in [0, 0.05) is 42.0 Å². The van der Waals surface area contributed by atoms with Gasteiger partial charge in [0.2, 0.25) is 5.91 Å². The molecule has 7 heteroatoms. The van der Waals surface area contributed by atoms with Crippen molar-refractivity contribution in [3.05, 3.63) is 41.0 Å². The number of carbonyl (C=O) groups is 1. The van der Waals surface area contributed by atoms with Crippen LogP contribution >= 0.6 is 22.9 Å². The van der Waals surface area contributed by atoms with Crippen molar-refractivity contribution in [1.82, 2.24) is 15.3 Å². The van der Waals surface area contributed by atoms with E-state index in [-0.39, 0.29) is 11.8 Å². The van der Waals surface area contributed by atoms with Crippen molar-refractivity contribution >= 4 is 44.9 Å². The number of piperidine rings is 1. The minimum atomic E-state index is 0.0896. The molecule has 1 amide bonds. The Kier molecular flexibility index (Phi) is 4.78. The van der Waals surface area contributed by atoms with Crippen LogP contribution in [0.4, 0.5) is 5.82 Å². The lowest BCUT2D eigenvalue weighted by atomic mass is 9.95. The van der Waals surface area contributed by atoms with Crippen LogP contribution in [0.3, 0.4) is 0 Å². The lowest BCUT2D eigenvalue weighted by molar-refractivity contribution is -0.125. The number of hydrogen-bond acceptors (Lipinski definition) is 5. The molecule has 1 fully saturated rings. The molecule has 4 rings (SSSR count).